The fraction of sp³-hybridized carbons (Fsp3) is 0.167. The Balaban J connectivity index is 2.12. The minimum atomic E-state index is -3.63. The SMILES string of the molecule is CC(Nc1ccc(S(N)(=O)=O)cc1)c1ccoc1. The highest BCUT2D eigenvalue weighted by Crippen LogP contribution is 2.20. The second-order valence-corrected chi connectivity index (χ2v) is 5.55. The van der Waals surface area contributed by atoms with E-state index in [4.69, 9.17) is 9.56 Å². The third-order valence-corrected chi connectivity index (χ3v) is 3.54. The molecule has 0 aliphatic heterocycles. The molecule has 1 unspecified atom stereocenters. The van der Waals surface area contributed by atoms with E-state index < -0.39 is 10.0 Å². The van der Waals surface area contributed by atoms with Gasteiger partial charge in [0.05, 0.1) is 23.5 Å². The molecule has 0 fully saturated rings. The molecule has 0 aliphatic rings. The Bertz CT molecular complexity index is 603. The first-order valence-corrected chi connectivity index (χ1v) is 6.93. The van der Waals surface area contributed by atoms with Gasteiger partial charge < -0.3 is 9.73 Å². The van der Waals surface area contributed by atoms with Crippen LogP contribution in [0.3, 0.4) is 0 Å². The van der Waals surface area contributed by atoms with E-state index in [2.05, 4.69) is 5.32 Å². The minimum Gasteiger partial charge on any atom is -0.472 e. The summed E-state index contributed by atoms with van der Waals surface area (Å²) in [6.45, 7) is 1.98. The first-order valence-electron chi connectivity index (χ1n) is 5.38. The summed E-state index contributed by atoms with van der Waals surface area (Å²) in [4.78, 5) is 0.101. The monoisotopic (exact) mass is 266 g/mol. The molecule has 5 nitrogen and oxygen atoms in total. The highest BCUT2D eigenvalue weighted by molar-refractivity contribution is 7.89. The number of furan rings is 1. The molecule has 0 radical (unpaired) electrons. The molecule has 1 atom stereocenters. The van der Waals surface area contributed by atoms with Crippen molar-refractivity contribution >= 4 is 15.7 Å². The normalized spacial score (nSPS) is 13.2. The van der Waals surface area contributed by atoms with Crippen LogP contribution in [0.1, 0.15) is 18.5 Å². The molecule has 0 aliphatic carbocycles. The number of benzene rings is 1. The maximum absolute atomic E-state index is 11.1. The van der Waals surface area contributed by atoms with Crippen molar-refractivity contribution in [3.63, 3.8) is 0 Å². The average molecular weight is 266 g/mol. The zero-order valence-electron chi connectivity index (χ0n) is 9.83. The number of anilines is 1. The van der Waals surface area contributed by atoms with Crippen LogP contribution in [-0.2, 0) is 10.0 Å². The zero-order valence-corrected chi connectivity index (χ0v) is 10.6. The van der Waals surface area contributed by atoms with Crippen LogP contribution in [-0.4, -0.2) is 8.42 Å². The molecule has 0 spiro atoms. The van der Waals surface area contributed by atoms with Crippen LogP contribution in [0, 0.1) is 0 Å². The van der Waals surface area contributed by atoms with E-state index >= 15 is 0 Å². The average Bonchev–Trinajstić information content (AvgIpc) is 2.82. The lowest BCUT2D eigenvalue weighted by Crippen LogP contribution is -2.12. The Kier molecular flexibility index (Phi) is 3.40. The van der Waals surface area contributed by atoms with Gasteiger partial charge in [0.2, 0.25) is 10.0 Å². The summed E-state index contributed by atoms with van der Waals surface area (Å²) in [5, 5.41) is 8.25. The molecular weight excluding hydrogens is 252 g/mol. The maximum Gasteiger partial charge on any atom is 0.238 e. The highest BCUT2D eigenvalue weighted by Gasteiger charge is 2.09. The van der Waals surface area contributed by atoms with Crippen molar-refractivity contribution in [2.24, 2.45) is 5.14 Å². The van der Waals surface area contributed by atoms with Gasteiger partial charge >= 0.3 is 0 Å². The van der Waals surface area contributed by atoms with Crippen molar-refractivity contribution in [1.82, 2.24) is 0 Å². The summed E-state index contributed by atoms with van der Waals surface area (Å²) in [7, 11) is -3.63. The van der Waals surface area contributed by atoms with Crippen LogP contribution in [0.25, 0.3) is 0 Å². The van der Waals surface area contributed by atoms with Gasteiger partial charge in [0.25, 0.3) is 0 Å². The molecule has 1 aromatic carbocycles. The fourth-order valence-corrected chi connectivity index (χ4v) is 2.11. The van der Waals surface area contributed by atoms with Crippen LogP contribution < -0.4 is 10.5 Å². The number of primary sulfonamides is 1. The van der Waals surface area contributed by atoms with Crippen LogP contribution in [0.15, 0.2) is 52.2 Å². The van der Waals surface area contributed by atoms with E-state index in [1.807, 2.05) is 13.0 Å². The number of hydrogen-bond donors (Lipinski definition) is 2. The Morgan fingerprint density at radius 2 is 1.89 bits per heavy atom. The number of rotatable bonds is 4. The van der Waals surface area contributed by atoms with Crippen molar-refractivity contribution in [2.45, 2.75) is 17.9 Å². The molecule has 2 aromatic rings. The molecule has 1 heterocycles. The predicted octanol–water partition coefficient (Wildman–Crippen LogP) is 2.10. The number of nitrogens with one attached hydrogen (secondary N) is 1. The van der Waals surface area contributed by atoms with E-state index in [9.17, 15) is 8.42 Å². The van der Waals surface area contributed by atoms with Gasteiger partial charge in [0.1, 0.15) is 0 Å². The van der Waals surface area contributed by atoms with Gasteiger partial charge in [-0.2, -0.15) is 0 Å². The molecule has 6 heteroatoms. The second-order valence-electron chi connectivity index (χ2n) is 3.99. The smallest absolute Gasteiger partial charge is 0.238 e. The van der Waals surface area contributed by atoms with Crippen LogP contribution in [0.5, 0.6) is 0 Å². The molecule has 0 saturated carbocycles. The van der Waals surface area contributed by atoms with Gasteiger partial charge in [0, 0.05) is 11.3 Å². The molecule has 2 rings (SSSR count). The van der Waals surface area contributed by atoms with E-state index in [1.54, 1.807) is 24.7 Å². The largest absolute Gasteiger partial charge is 0.472 e. The molecule has 0 bridgehead atoms. The zero-order chi connectivity index (χ0) is 13.2. The highest BCUT2D eigenvalue weighted by atomic mass is 32.2. The number of nitrogens with two attached hydrogens (primary N) is 1. The standard InChI is InChI=1S/C12H14N2O3S/c1-9(10-6-7-17-8-10)14-11-2-4-12(5-3-11)18(13,15)16/h2-9,14H,1H3,(H2,13,15,16). The van der Waals surface area contributed by atoms with Gasteiger partial charge in [0.15, 0.2) is 0 Å². The third kappa shape index (κ3) is 2.91. The lowest BCUT2D eigenvalue weighted by Gasteiger charge is -2.13. The van der Waals surface area contributed by atoms with Crippen molar-refractivity contribution in [3.8, 4) is 0 Å². The number of sulfonamides is 1. The summed E-state index contributed by atoms with van der Waals surface area (Å²) >= 11 is 0. The molecule has 3 N–H and O–H groups in total. The quantitative estimate of drug-likeness (QED) is 0.887. The van der Waals surface area contributed by atoms with Crippen molar-refractivity contribution in [3.05, 3.63) is 48.4 Å². The van der Waals surface area contributed by atoms with E-state index in [0.29, 0.717) is 0 Å². The molecule has 96 valence electrons. The van der Waals surface area contributed by atoms with Crippen molar-refractivity contribution < 1.29 is 12.8 Å². The topological polar surface area (TPSA) is 85.3 Å². The summed E-state index contributed by atoms with van der Waals surface area (Å²) in [5.74, 6) is 0. The lowest BCUT2D eigenvalue weighted by molar-refractivity contribution is 0.562. The Hall–Kier alpha value is -1.79. The first kappa shape index (κ1) is 12.7. The third-order valence-electron chi connectivity index (χ3n) is 2.61. The number of hydrogen-bond acceptors (Lipinski definition) is 4. The van der Waals surface area contributed by atoms with Gasteiger partial charge in [-0.15, -0.1) is 0 Å². The van der Waals surface area contributed by atoms with Crippen LogP contribution in [0.2, 0.25) is 0 Å². The second kappa shape index (κ2) is 4.83. The summed E-state index contributed by atoms with van der Waals surface area (Å²) < 4.78 is 27.2. The molecular formula is C12H14N2O3S. The first-order chi connectivity index (χ1) is 8.47. The maximum atomic E-state index is 11.1. The van der Waals surface area contributed by atoms with Gasteiger partial charge in [-0.25, -0.2) is 13.6 Å². The molecule has 18 heavy (non-hydrogen) atoms. The minimum absolute atomic E-state index is 0.0732. The fourth-order valence-electron chi connectivity index (χ4n) is 1.60. The Morgan fingerprint density at radius 3 is 2.39 bits per heavy atom. The molecule has 1 aromatic heterocycles. The molecule has 0 saturated heterocycles. The summed E-state index contributed by atoms with van der Waals surface area (Å²) in [6, 6.07) is 8.24. The van der Waals surface area contributed by atoms with Crippen molar-refractivity contribution in [2.75, 3.05) is 5.32 Å². The van der Waals surface area contributed by atoms with Gasteiger partial charge in [-0.3, -0.25) is 0 Å². The summed E-state index contributed by atoms with van der Waals surface area (Å²) in [6.07, 6.45) is 3.27. The Morgan fingerprint density at radius 1 is 1.22 bits per heavy atom. The van der Waals surface area contributed by atoms with Crippen LogP contribution >= 0.6 is 0 Å². The Labute approximate surface area is 106 Å². The van der Waals surface area contributed by atoms with Crippen molar-refractivity contribution in [1.29, 1.82) is 0 Å². The molecule has 0 amide bonds. The summed E-state index contributed by atoms with van der Waals surface area (Å²) in [5.41, 5.74) is 1.83. The van der Waals surface area contributed by atoms with Gasteiger partial charge in [-0.05, 0) is 37.3 Å². The van der Waals surface area contributed by atoms with Crippen LogP contribution in [0.4, 0.5) is 5.69 Å². The van der Waals surface area contributed by atoms with E-state index in [1.165, 1.54) is 12.1 Å². The lowest BCUT2D eigenvalue weighted by atomic mass is 10.1. The van der Waals surface area contributed by atoms with E-state index in [-0.39, 0.29) is 10.9 Å². The predicted molar refractivity (Wildman–Crippen MR) is 68.6 cm³/mol. The van der Waals surface area contributed by atoms with E-state index in [0.717, 1.165) is 11.3 Å². The van der Waals surface area contributed by atoms with Gasteiger partial charge in [-0.1, -0.05) is 0 Å².